The van der Waals surface area contributed by atoms with Crippen LogP contribution in [0.25, 0.3) is 10.9 Å². The second-order valence-electron chi connectivity index (χ2n) is 5.39. The molecule has 1 aromatic carbocycles. The fourth-order valence-electron chi connectivity index (χ4n) is 2.55. The number of aromatic nitrogens is 1. The third-order valence-corrected chi connectivity index (χ3v) is 4.62. The highest BCUT2D eigenvalue weighted by atomic mass is 79.9. The number of halogens is 5. The van der Waals surface area contributed by atoms with Crippen LogP contribution < -0.4 is 0 Å². The predicted octanol–water partition coefficient (Wildman–Crippen LogP) is 4.70. The number of hydrogen-bond donors (Lipinski definition) is 0. The maximum absolute atomic E-state index is 13.6. The average Bonchev–Trinajstić information content (AvgIpc) is 3.11. The van der Waals surface area contributed by atoms with E-state index in [-0.39, 0.29) is 29.4 Å². The molecule has 2 nitrogen and oxygen atoms in total. The smallest absolute Gasteiger partial charge is 0.346 e. The molecule has 0 aliphatic heterocycles. The van der Waals surface area contributed by atoms with E-state index in [9.17, 15) is 22.4 Å². The van der Waals surface area contributed by atoms with E-state index in [2.05, 4.69) is 15.9 Å². The van der Waals surface area contributed by atoms with Gasteiger partial charge in [0.15, 0.2) is 6.29 Å². The van der Waals surface area contributed by atoms with Gasteiger partial charge in [-0.3, -0.25) is 4.79 Å². The van der Waals surface area contributed by atoms with Gasteiger partial charge in [0, 0.05) is 23.7 Å². The summed E-state index contributed by atoms with van der Waals surface area (Å²) in [5, 5.41) is 0.323. The van der Waals surface area contributed by atoms with Gasteiger partial charge in [-0.05, 0) is 40.9 Å². The summed E-state index contributed by atoms with van der Waals surface area (Å²) in [7, 11) is 0. The molecule has 0 radical (unpaired) electrons. The highest BCUT2D eigenvalue weighted by Gasteiger charge is 2.63. The Morgan fingerprint density at radius 1 is 1.33 bits per heavy atom. The molecule has 0 spiro atoms. The van der Waals surface area contributed by atoms with Crippen LogP contribution in [0.15, 0.2) is 22.8 Å². The maximum Gasteiger partial charge on any atom is 0.396 e. The number of carbonyl (C=O) groups is 1. The summed E-state index contributed by atoms with van der Waals surface area (Å²) in [5.41, 5.74) is -1.12. The lowest BCUT2D eigenvalue weighted by atomic mass is 10.1. The third-order valence-electron chi connectivity index (χ3n) is 4.01. The van der Waals surface area contributed by atoms with Gasteiger partial charge in [0.05, 0.1) is 15.4 Å². The Morgan fingerprint density at radius 3 is 2.52 bits per heavy atom. The number of hydrogen-bond acceptors (Lipinski definition) is 1. The number of benzene rings is 1. The van der Waals surface area contributed by atoms with E-state index in [1.165, 1.54) is 16.8 Å². The van der Waals surface area contributed by atoms with Crippen LogP contribution in [0.4, 0.5) is 17.6 Å². The second kappa shape index (κ2) is 4.56. The van der Waals surface area contributed by atoms with Crippen molar-refractivity contribution in [3.63, 3.8) is 0 Å². The normalized spacial score (nSPS) is 17.2. The molecule has 1 aromatic heterocycles. The summed E-state index contributed by atoms with van der Waals surface area (Å²) < 4.78 is 54.3. The van der Waals surface area contributed by atoms with Crippen LogP contribution in [0.3, 0.4) is 0 Å². The summed E-state index contributed by atoms with van der Waals surface area (Å²) in [6, 6.07) is 2.57. The van der Waals surface area contributed by atoms with E-state index in [1.807, 2.05) is 0 Å². The zero-order valence-electron chi connectivity index (χ0n) is 10.7. The first-order chi connectivity index (χ1) is 9.77. The topological polar surface area (TPSA) is 22.0 Å². The molecule has 1 aliphatic rings. The summed E-state index contributed by atoms with van der Waals surface area (Å²) >= 11 is 3.02. The van der Waals surface area contributed by atoms with Crippen molar-refractivity contribution in [2.45, 2.75) is 25.6 Å². The molecule has 1 saturated carbocycles. The molecule has 21 heavy (non-hydrogen) atoms. The Balaban J connectivity index is 2.11. The van der Waals surface area contributed by atoms with Crippen LogP contribution in [-0.2, 0) is 6.54 Å². The largest absolute Gasteiger partial charge is 0.396 e. The van der Waals surface area contributed by atoms with Crippen molar-refractivity contribution in [3.8, 4) is 0 Å². The van der Waals surface area contributed by atoms with E-state index in [0.29, 0.717) is 17.2 Å². The van der Waals surface area contributed by atoms with Crippen molar-refractivity contribution in [1.82, 2.24) is 4.57 Å². The number of carbonyl (C=O) groups excluding carboxylic acids is 1. The van der Waals surface area contributed by atoms with Gasteiger partial charge in [0.2, 0.25) is 0 Å². The molecule has 0 bridgehead atoms. The molecule has 1 fully saturated rings. The molecule has 0 saturated heterocycles. The third kappa shape index (κ3) is 2.27. The van der Waals surface area contributed by atoms with Gasteiger partial charge >= 0.3 is 6.18 Å². The van der Waals surface area contributed by atoms with Crippen molar-refractivity contribution in [3.05, 3.63) is 34.2 Å². The van der Waals surface area contributed by atoms with Gasteiger partial charge < -0.3 is 4.57 Å². The quantitative estimate of drug-likeness (QED) is 0.572. The Hall–Kier alpha value is -1.37. The van der Waals surface area contributed by atoms with Crippen molar-refractivity contribution in [2.24, 2.45) is 5.41 Å². The first-order valence-electron chi connectivity index (χ1n) is 6.27. The summed E-state index contributed by atoms with van der Waals surface area (Å²) in [4.78, 5) is 11.0. The van der Waals surface area contributed by atoms with Gasteiger partial charge in [-0.25, -0.2) is 4.39 Å². The molecular formula is C14H10BrF4NO. The summed E-state index contributed by atoms with van der Waals surface area (Å²) in [6.45, 7) is -0.251. The molecule has 112 valence electrons. The number of aldehydes is 1. The number of fused-ring (bicyclic) bond motifs is 1. The highest BCUT2D eigenvalue weighted by molar-refractivity contribution is 9.10. The van der Waals surface area contributed by atoms with Gasteiger partial charge in [-0.2, -0.15) is 13.2 Å². The van der Waals surface area contributed by atoms with Crippen LogP contribution in [0, 0.1) is 11.2 Å². The Bertz CT molecular complexity index is 731. The van der Waals surface area contributed by atoms with Gasteiger partial charge in [-0.15, -0.1) is 0 Å². The molecular weight excluding hydrogens is 354 g/mol. The summed E-state index contributed by atoms with van der Waals surface area (Å²) in [5.74, 6) is -0.555. The Labute approximate surface area is 125 Å². The SMILES string of the molecule is O=Cc1cn(CC2(C(F)(F)F)CC2)c2cc(Br)c(F)cc12. The molecule has 3 rings (SSSR count). The monoisotopic (exact) mass is 363 g/mol. The molecule has 0 amide bonds. The molecule has 0 atom stereocenters. The minimum absolute atomic E-state index is 0.0783. The van der Waals surface area contributed by atoms with Crippen molar-refractivity contribution in [1.29, 1.82) is 0 Å². The zero-order valence-corrected chi connectivity index (χ0v) is 12.3. The maximum atomic E-state index is 13.6. The van der Waals surface area contributed by atoms with Crippen LogP contribution >= 0.6 is 15.9 Å². The fraction of sp³-hybridized carbons (Fsp3) is 0.357. The molecule has 0 N–H and O–H groups in total. The molecule has 2 aromatic rings. The van der Waals surface area contributed by atoms with Crippen molar-refractivity contribution >= 4 is 33.1 Å². The minimum atomic E-state index is -4.28. The highest BCUT2D eigenvalue weighted by Crippen LogP contribution is 2.58. The van der Waals surface area contributed by atoms with E-state index in [1.54, 1.807) is 0 Å². The molecule has 0 unspecified atom stereocenters. The van der Waals surface area contributed by atoms with Gasteiger partial charge in [-0.1, -0.05) is 0 Å². The Morgan fingerprint density at radius 2 is 2.00 bits per heavy atom. The standard InChI is InChI=1S/C14H10BrF4NO/c15-10-4-12-9(3-11(10)16)8(6-21)5-20(12)7-13(1-2-13)14(17,18)19/h3-6H,1-2,7H2. The van der Waals surface area contributed by atoms with E-state index in [4.69, 9.17) is 0 Å². The minimum Gasteiger partial charge on any atom is -0.346 e. The van der Waals surface area contributed by atoms with Crippen LogP contribution in [0.2, 0.25) is 0 Å². The predicted molar refractivity (Wildman–Crippen MR) is 72.7 cm³/mol. The number of alkyl halides is 3. The van der Waals surface area contributed by atoms with Crippen LogP contribution in [0.5, 0.6) is 0 Å². The van der Waals surface area contributed by atoms with Crippen molar-refractivity contribution < 1.29 is 22.4 Å². The molecule has 7 heteroatoms. The lowest BCUT2D eigenvalue weighted by Crippen LogP contribution is -2.28. The summed E-state index contributed by atoms with van der Waals surface area (Å²) in [6.07, 6.45) is -2.24. The van der Waals surface area contributed by atoms with Crippen LogP contribution in [-0.4, -0.2) is 17.0 Å². The Kier molecular flexibility index (Phi) is 3.16. The number of nitrogens with zero attached hydrogens (tertiary/aromatic N) is 1. The van der Waals surface area contributed by atoms with E-state index >= 15 is 0 Å². The van der Waals surface area contributed by atoms with E-state index in [0.717, 1.165) is 6.07 Å². The van der Waals surface area contributed by atoms with E-state index < -0.39 is 17.4 Å². The first kappa shape index (κ1) is 14.6. The van der Waals surface area contributed by atoms with Crippen molar-refractivity contribution in [2.75, 3.05) is 0 Å². The lowest BCUT2D eigenvalue weighted by Gasteiger charge is -2.20. The zero-order chi connectivity index (χ0) is 15.4. The average molecular weight is 364 g/mol. The van der Waals surface area contributed by atoms with Crippen LogP contribution in [0.1, 0.15) is 23.2 Å². The molecule has 1 aliphatic carbocycles. The first-order valence-corrected chi connectivity index (χ1v) is 7.06. The van der Waals surface area contributed by atoms with Gasteiger partial charge in [0.1, 0.15) is 5.82 Å². The fourth-order valence-corrected chi connectivity index (χ4v) is 2.88. The number of rotatable bonds is 3. The second-order valence-corrected chi connectivity index (χ2v) is 6.25. The molecule has 1 heterocycles. The van der Waals surface area contributed by atoms with Gasteiger partial charge in [0.25, 0.3) is 0 Å². The lowest BCUT2D eigenvalue weighted by molar-refractivity contribution is -0.190.